The molecule has 1 fully saturated rings. The van der Waals surface area contributed by atoms with E-state index in [-0.39, 0.29) is 16.9 Å². The fourth-order valence-corrected chi connectivity index (χ4v) is 5.90. The predicted molar refractivity (Wildman–Crippen MR) is 185 cm³/mol. The van der Waals surface area contributed by atoms with Gasteiger partial charge in [0.25, 0.3) is 11.8 Å². The number of rotatable bonds is 9. The van der Waals surface area contributed by atoms with Crippen LogP contribution in [0.25, 0.3) is 11.4 Å². The van der Waals surface area contributed by atoms with Crippen LogP contribution in [0.3, 0.4) is 0 Å². The van der Waals surface area contributed by atoms with E-state index < -0.39 is 0 Å². The van der Waals surface area contributed by atoms with Gasteiger partial charge in [-0.3, -0.25) is 14.4 Å². The van der Waals surface area contributed by atoms with E-state index in [1.165, 1.54) is 6.42 Å². The van der Waals surface area contributed by atoms with Crippen LogP contribution in [0.1, 0.15) is 61.5 Å². The minimum absolute atomic E-state index is 0.326. The highest BCUT2D eigenvalue weighted by molar-refractivity contribution is 7.97. The van der Waals surface area contributed by atoms with E-state index in [9.17, 15) is 14.4 Å². The van der Waals surface area contributed by atoms with E-state index >= 15 is 0 Å². The molecule has 0 atom stereocenters. The minimum atomic E-state index is -0.389. The number of nitrogens with zero attached hydrogens (tertiary/aromatic N) is 3. The summed E-state index contributed by atoms with van der Waals surface area (Å²) in [6, 6.07) is 29.6. The first-order valence-corrected chi connectivity index (χ1v) is 15.7. The fourth-order valence-electron chi connectivity index (χ4n) is 5.68. The number of thiol groups is 1. The SMILES string of the molecule is O=C(S)c1ccccc1Cc1ccccc1C(=O)Nc1ccc(N2CCCCC2)cc1C(=O)Nc1cnc(-c2ccccc2)nc1. The largest absolute Gasteiger partial charge is 0.372 e. The van der Waals surface area contributed by atoms with Crippen LogP contribution in [0.5, 0.6) is 0 Å². The highest BCUT2D eigenvalue weighted by Crippen LogP contribution is 2.28. The van der Waals surface area contributed by atoms with Gasteiger partial charge in [0.05, 0.1) is 29.3 Å². The maximum atomic E-state index is 13.8. The first kappa shape index (κ1) is 30.7. The van der Waals surface area contributed by atoms with Crippen molar-refractivity contribution in [3.05, 3.63) is 137 Å². The number of amides is 2. The molecule has 9 heteroatoms. The maximum absolute atomic E-state index is 13.8. The number of piperidine rings is 1. The number of hydrogen-bond acceptors (Lipinski definition) is 6. The number of nitrogens with one attached hydrogen (secondary N) is 2. The van der Waals surface area contributed by atoms with Crippen molar-refractivity contribution in [3.8, 4) is 11.4 Å². The molecule has 1 saturated heterocycles. The van der Waals surface area contributed by atoms with Crippen molar-refractivity contribution < 1.29 is 14.4 Å². The van der Waals surface area contributed by atoms with Gasteiger partial charge in [-0.05, 0) is 61.1 Å². The van der Waals surface area contributed by atoms with Gasteiger partial charge in [-0.2, -0.15) is 0 Å². The van der Waals surface area contributed by atoms with Crippen LogP contribution in [0.2, 0.25) is 0 Å². The van der Waals surface area contributed by atoms with Gasteiger partial charge in [0, 0.05) is 35.5 Å². The Hall–Kier alpha value is -5.28. The second-order valence-electron chi connectivity index (χ2n) is 11.1. The summed E-state index contributed by atoms with van der Waals surface area (Å²) in [7, 11) is 0. The number of aromatic nitrogens is 2. The number of carbonyl (C=O) groups is 3. The van der Waals surface area contributed by atoms with Gasteiger partial charge in [-0.15, -0.1) is 12.6 Å². The molecule has 0 saturated carbocycles. The van der Waals surface area contributed by atoms with Crippen LogP contribution in [0, 0.1) is 0 Å². The van der Waals surface area contributed by atoms with Crippen LogP contribution in [0.15, 0.2) is 109 Å². The molecule has 0 aliphatic carbocycles. The van der Waals surface area contributed by atoms with Crippen LogP contribution in [-0.4, -0.2) is 40.0 Å². The molecule has 6 rings (SSSR count). The standard InChI is InChI=1S/C37H33N5O3S/c43-35(30-15-7-5-13-26(30)21-27-14-6-8-16-31(27)37(45)46)41-33-18-17-29(42-19-9-2-10-20-42)22-32(33)36(44)40-28-23-38-34(39-24-28)25-11-3-1-4-12-25/h1,3-8,11-18,22-24H,2,9-10,19-21H2,(H,40,44)(H,41,43)(H,45,46). The number of anilines is 3. The summed E-state index contributed by atoms with van der Waals surface area (Å²) in [5, 5.41) is 5.56. The summed E-state index contributed by atoms with van der Waals surface area (Å²) < 4.78 is 0. The fraction of sp³-hybridized carbons (Fsp3) is 0.162. The minimum Gasteiger partial charge on any atom is -0.372 e. The molecule has 230 valence electrons. The lowest BCUT2D eigenvalue weighted by molar-refractivity contribution is 0.102. The highest BCUT2D eigenvalue weighted by atomic mass is 32.1. The Labute approximate surface area is 273 Å². The highest BCUT2D eigenvalue weighted by Gasteiger charge is 2.21. The molecule has 8 nitrogen and oxygen atoms in total. The zero-order chi connectivity index (χ0) is 31.9. The van der Waals surface area contributed by atoms with Crippen LogP contribution >= 0.6 is 12.6 Å². The molecule has 0 spiro atoms. The molecule has 1 aliphatic rings. The molecule has 0 unspecified atom stereocenters. The lowest BCUT2D eigenvalue weighted by Crippen LogP contribution is -2.29. The average molecular weight is 628 g/mol. The van der Waals surface area contributed by atoms with E-state index in [2.05, 4.69) is 38.1 Å². The molecular formula is C37H33N5O3S. The number of hydrogen-bond donors (Lipinski definition) is 3. The van der Waals surface area contributed by atoms with E-state index in [0.29, 0.717) is 40.3 Å². The zero-order valence-electron chi connectivity index (χ0n) is 25.1. The van der Waals surface area contributed by atoms with Gasteiger partial charge < -0.3 is 15.5 Å². The Bertz CT molecular complexity index is 1870. The van der Waals surface area contributed by atoms with Gasteiger partial charge in [0.1, 0.15) is 0 Å². The third kappa shape index (κ3) is 7.16. The monoisotopic (exact) mass is 627 g/mol. The Morgan fingerprint density at radius 1 is 0.674 bits per heavy atom. The van der Waals surface area contributed by atoms with E-state index in [0.717, 1.165) is 48.3 Å². The summed E-state index contributed by atoms with van der Waals surface area (Å²) in [5.41, 5.74) is 5.40. The quantitative estimate of drug-likeness (QED) is 0.148. The molecule has 2 N–H and O–H groups in total. The first-order valence-electron chi connectivity index (χ1n) is 15.2. The normalized spacial score (nSPS) is 12.8. The Kier molecular flexibility index (Phi) is 9.50. The maximum Gasteiger partial charge on any atom is 0.257 e. The summed E-state index contributed by atoms with van der Waals surface area (Å²) in [6.45, 7) is 1.82. The van der Waals surface area contributed by atoms with E-state index in [1.54, 1.807) is 42.7 Å². The van der Waals surface area contributed by atoms with E-state index in [1.807, 2.05) is 66.7 Å². The van der Waals surface area contributed by atoms with Crippen molar-refractivity contribution in [2.75, 3.05) is 28.6 Å². The molecule has 1 aromatic heterocycles. The van der Waals surface area contributed by atoms with Crippen LogP contribution < -0.4 is 15.5 Å². The topological polar surface area (TPSA) is 104 Å². The van der Waals surface area contributed by atoms with Crippen molar-refractivity contribution in [1.29, 1.82) is 0 Å². The van der Waals surface area contributed by atoms with Crippen molar-refractivity contribution in [2.24, 2.45) is 0 Å². The van der Waals surface area contributed by atoms with Gasteiger partial charge >= 0.3 is 0 Å². The smallest absolute Gasteiger partial charge is 0.257 e. The van der Waals surface area contributed by atoms with Crippen molar-refractivity contribution in [1.82, 2.24) is 9.97 Å². The molecule has 1 aliphatic heterocycles. The van der Waals surface area contributed by atoms with Gasteiger partial charge in [-0.1, -0.05) is 72.8 Å². The summed E-state index contributed by atoms with van der Waals surface area (Å²) in [6.07, 6.45) is 6.87. The molecule has 0 radical (unpaired) electrons. The van der Waals surface area contributed by atoms with Crippen LogP contribution in [0.4, 0.5) is 17.1 Å². The van der Waals surface area contributed by atoms with Crippen molar-refractivity contribution in [2.45, 2.75) is 25.7 Å². The molecule has 2 heterocycles. The van der Waals surface area contributed by atoms with Gasteiger partial charge in [0.2, 0.25) is 5.12 Å². The molecule has 4 aromatic carbocycles. The second-order valence-corrected chi connectivity index (χ2v) is 11.5. The second kappa shape index (κ2) is 14.2. The molecule has 0 bridgehead atoms. The summed E-state index contributed by atoms with van der Waals surface area (Å²) in [5.74, 6) is -0.195. The molecular weight excluding hydrogens is 595 g/mol. The lowest BCUT2D eigenvalue weighted by Gasteiger charge is -2.29. The third-order valence-electron chi connectivity index (χ3n) is 8.05. The number of benzene rings is 4. The van der Waals surface area contributed by atoms with E-state index in [4.69, 9.17) is 0 Å². The summed E-state index contributed by atoms with van der Waals surface area (Å²) in [4.78, 5) is 50.8. The van der Waals surface area contributed by atoms with Crippen molar-refractivity contribution >= 4 is 46.6 Å². The van der Waals surface area contributed by atoms with Crippen molar-refractivity contribution in [3.63, 3.8) is 0 Å². The summed E-state index contributed by atoms with van der Waals surface area (Å²) >= 11 is 4.02. The zero-order valence-corrected chi connectivity index (χ0v) is 26.0. The number of carbonyl (C=O) groups excluding carboxylic acids is 3. The Balaban J connectivity index is 1.27. The Morgan fingerprint density at radius 2 is 1.28 bits per heavy atom. The molecule has 5 aromatic rings. The Morgan fingerprint density at radius 3 is 1.98 bits per heavy atom. The third-order valence-corrected chi connectivity index (χ3v) is 8.29. The van der Waals surface area contributed by atoms with Gasteiger partial charge in [0.15, 0.2) is 5.82 Å². The lowest BCUT2D eigenvalue weighted by atomic mass is 9.96. The van der Waals surface area contributed by atoms with Gasteiger partial charge in [-0.25, -0.2) is 9.97 Å². The molecule has 46 heavy (non-hydrogen) atoms. The average Bonchev–Trinajstić information content (AvgIpc) is 3.10. The first-order chi connectivity index (χ1) is 22.5. The van der Waals surface area contributed by atoms with Crippen LogP contribution in [-0.2, 0) is 6.42 Å². The molecule has 2 amide bonds. The predicted octanol–water partition coefficient (Wildman–Crippen LogP) is 7.30.